The second-order valence-electron chi connectivity index (χ2n) is 4.50. The van der Waals surface area contributed by atoms with Gasteiger partial charge in [0.25, 0.3) is 10.0 Å². The second-order valence-corrected chi connectivity index (χ2v) is 6.77. The fourth-order valence-electron chi connectivity index (χ4n) is 2.25. The van der Waals surface area contributed by atoms with Crippen molar-refractivity contribution in [2.24, 2.45) is 0 Å². The molecule has 0 N–H and O–H groups in total. The molecule has 1 aliphatic heterocycles. The Bertz CT molecular complexity index is 736. The molecule has 7 nitrogen and oxygen atoms in total. The van der Waals surface area contributed by atoms with Crippen molar-refractivity contribution in [3.8, 4) is 0 Å². The summed E-state index contributed by atoms with van der Waals surface area (Å²) in [5, 5.41) is 8.45. The van der Waals surface area contributed by atoms with Crippen LogP contribution in [-0.4, -0.2) is 34.5 Å². The molecule has 20 heavy (non-hydrogen) atoms. The summed E-state index contributed by atoms with van der Waals surface area (Å²) in [6.07, 6.45) is 5.06. The second kappa shape index (κ2) is 4.78. The normalized spacial score (nSPS) is 15.4. The number of nitrogens with zero attached hydrogens (tertiary/aromatic N) is 5. The lowest BCUT2D eigenvalue weighted by molar-refractivity contribution is 0.532. The highest BCUT2D eigenvalue weighted by atomic mass is 35.5. The summed E-state index contributed by atoms with van der Waals surface area (Å²) >= 11 is 6.07. The number of hydrogen-bond acceptors (Lipinski definition) is 4. The largest absolute Gasteiger partial charge is 0.272 e. The Morgan fingerprint density at radius 3 is 2.80 bits per heavy atom. The van der Waals surface area contributed by atoms with E-state index >= 15 is 0 Å². The zero-order valence-electron chi connectivity index (χ0n) is 10.9. The average molecular weight is 316 g/mol. The molecular weight excluding hydrogens is 302 g/mol. The summed E-state index contributed by atoms with van der Waals surface area (Å²) in [5.41, 5.74) is 0. The fraction of sp³-hybridized carbons (Fsp3) is 0.455. The molecule has 9 heteroatoms. The molecule has 2 aromatic heterocycles. The van der Waals surface area contributed by atoms with Crippen molar-refractivity contribution in [2.45, 2.75) is 31.3 Å². The summed E-state index contributed by atoms with van der Waals surface area (Å²) < 4.78 is 29.9. The Morgan fingerprint density at radius 1 is 1.30 bits per heavy atom. The summed E-state index contributed by atoms with van der Waals surface area (Å²) in [5.74, 6) is 0.433. The minimum atomic E-state index is -3.65. The molecule has 3 heterocycles. The zero-order valence-corrected chi connectivity index (χ0v) is 12.5. The average Bonchev–Trinajstić information content (AvgIpc) is 3.06. The maximum atomic E-state index is 12.7. The highest BCUT2D eigenvalue weighted by molar-refractivity contribution is 7.92. The van der Waals surface area contributed by atoms with Gasteiger partial charge in [-0.3, -0.25) is 4.68 Å². The van der Waals surface area contributed by atoms with Crippen LogP contribution in [0.15, 0.2) is 23.5 Å². The minimum Gasteiger partial charge on any atom is -0.272 e. The third kappa shape index (κ3) is 1.99. The minimum absolute atomic E-state index is 0.171. The van der Waals surface area contributed by atoms with Crippen molar-refractivity contribution in [1.29, 1.82) is 0 Å². The first-order valence-corrected chi connectivity index (χ1v) is 8.12. The molecule has 0 saturated carbocycles. The van der Waals surface area contributed by atoms with Gasteiger partial charge in [-0.1, -0.05) is 11.6 Å². The molecule has 0 bridgehead atoms. The maximum Gasteiger partial charge on any atom is 0.268 e. The lowest BCUT2D eigenvalue weighted by Crippen LogP contribution is -2.37. The van der Waals surface area contributed by atoms with E-state index < -0.39 is 10.0 Å². The van der Waals surface area contributed by atoms with E-state index in [4.69, 9.17) is 11.6 Å². The van der Waals surface area contributed by atoms with Gasteiger partial charge in [0.05, 0.1) is 12.4 Å². The predicted molar refractivity (Wildman–Crippen MR) is 74.3 cm³/mol. The molecule has 108 valence electrons. The van der Waals surface area contributed by atoms with Gasteiger partial charge in [0.2, 0.25) is 0 Å². The van der Waals surface area contributed by atoms with Gasteiger partial charge >= 0.3 is 0 Å². The number of sulfonamides is 1. The smallest absolute Gasteiger partial charge is 0.268 e. The summed E-state index contributed by atoms with van der Waals surface area (Å²) in [7, 11) is -3.65. The number of anilines is 1. The predicted octanol–water partition coefficient (Wildman–Crippen LogP) is 1.35. The van der Waals surface area contributed by atoms with Crippen LogP contribution in [0.2, 0.25) is 5.02 Å². The molecule has 3 rings (SSSR count). The highest BCUT2D eigenvalue weighted by Crippen LogP contribution is 2.33. The van der Waals surface area contributed by atoms with Crippen LogP contribution in [-0.2, 0) is 23.1 Å². The molecule has 0 aromatic carbocycles. The van der Waals surface area contributed by atoms with Gasteiger partial charge in [-0.2, -0.15) is 10.2 Å². The molecule has 0 amide bonds. The van der Waals surface area contributed by atoms with Gasteiger partial charge in [0.1, 0.15) is 9.92 Å². The third-order valence-corrected chi connectivity index (χ3v) is 5.27. The molecule has 1 aliphatic rings. The van der Waals surface area contributed by atoms with E-state index in [9.17, 15) is 8.42 Å². The van der Waals surface area contributed by atoms with E-state index in [0.717, 1.165) is 0 Å². The monoisotopic (exact) mass is 315 g/mol. The first-order valence-electron chi connectivity index (χ1n) is 6.30. The Kier molecular flexibility index (Phi) is 3.21. The van der Waals surface area contributed by atoms with Gasteiger partial charge in [0.15, 0.2) is 5.82 Å². The lowest BCUT2D eigenvalue weighted by Gasteiger charge is -2.28. The van der Waals surface area contributed by atoms with Crippen LogP contribution >= 0.6 is 11.6 Å². The molecular formula is C11H14ClN5O2S. The fourth-order valence-corrected chi connectivity index (χ4v) is 4.02. The highest BCUT2D eigenvalue weighted by Gasteiger charge is 2.32. The summed E-state index contributed by atoms with van der Waals surface area (Å²) in [6.45, 7) is 3.58. The number of rotatable bonds is 3. The lowest BCUT2D eigenvalue weighted by atomic mass is 10.3. The molecule has 0 fully saturated rings. The van der Waals surface area contributed by atoms with Crippen molar-refractivity contribution in [2.75, 3.05) is 10.8 Å². The number of hydrogen-bond donors (Lipinski definition) is 0. The first-order chi connectivity index (χ1) is 9.54. The van der Waals surface area contributed by atoms with E-state index in [1.165, 1.54) is 22.9 Å². The third-order valence-electron chi connectivity index (χ3n) is 3.26. The Morgan fingerprint density at radius 2 is 2.10 bits per heavy atom. The van der Waals surface area contributed by atoms with Crippen LogP contribution in [0.5, 0.6) is 0 Å². The molecule has 0 aliphatic carbocycles. The molecule has 0 unspecified atom stereocenters. The summed E-state index contributed by atoms with van der Waals surface area (Å²) in [4.78, 5) is 0.171. The van der Waals surface area contributed by atoms with Crippen LogP contribution < -0.4 is 4.31 Å². The molecule has 0 atom stereocenters. The zero-order chi connectivity index (χ0) is 14.3. The number of fused-ring (bicyclic) bond motifs is 1. The Hall–Kier alpha value is -1.54. The van der Waals surface area contributed by atoms with E-state index in [-0.39, 0.29) is 4.90 Å². The van der Waals surface area contributed by atoms with Crippen molar-refractivity contribution < 1.29 is 8.42 Å². The Labute approximate surface area is 121 Å². The molecule has 2 aromatic rings. The van der Waals surface area contributed by atoms with Gasteiger partial charge in [-0.25, -0.2) is 17.4 Å². The maximum absolute atomic E-state index is 12.7. The summed E-state index contributed by atoms with van der Waals surface area (Å²) in [6, 6.07) is 0. The van der Waals surface area contributed by atoms with E-state index in [1.807, 2.05) is 6.92 Å². The van der Waals surface area contributed by atoms with E-state index in [1.54, 1.807) is 9.36 Å². The SMILES string of the molecule is CCn1cc(S(=O)(=O)N2CCCn3ncc(Cl)c32)cn1. The molecule has 0 spiro atoms. The van der Waals surface area contributed by atoms with Crippen LogP contribution in [0, 0.1) is 0 Å². The van der Waals surface area contributed by atoms with Gasteiger partial charge in [0, 0.05) is 25.8 Å². The number of aromatic nitrogens is 4. The molecule has 0 radical (unpaired) electrons. The first kappa shape index (κ1) is 13.4. The van der Waals surface area contributed by atoms with Crippen molar-refractivity contribution in [3.63, 3.8) is 0 Å². The van der Waals surface area contributed by atoms with Gasteiger partial charge in [-0.15, -0.1) is 0 Å². The van der Waals surface area contributed by atoms with E-state index in [2.05, 4.69) is 10.2 Å². The quantitative estimate of drug-likeness (QED) is 0.857. The Balaban J connectivity index is 2.06. The van der Waals surface area contributed by atoms with Crippen molar-refractivity contribution in [3.05, 3.63) is 23.6 Å². The van der Waals surface area contributed by atoms with Crippen LogP contribution in [0.25, 0.3) is 0 Å². The van der Waals surface area contributed by atoms with Crippen molar-refractivity contribution in [1.82, 2.24) is 19.6 Å². The van der Waals surface area contributed by atoms with Crippen LogP contribution in [0.3, 0.4) is 0 Å². The van der Waals surface area contributed by atoms with Crippen LogP contribution in [0.1, 0.15) is 13.3 Å². The van der Waals surface area contributed by atoms with Crippen molar-refractivity contribution >= 4 is 27.4 Å². The van der Waals surface area contributed by atoms with Crippen LogP contribution in [0.4, 0.5) is 5.82 Å². The standard InChI is InChI=1S/C11H14ClN5O2S/c1-2-15-8-9(6-13-15)20(18,19)17-5-3-4-16-11(17)10(12)7-14-16/h6-8H,2-5H2,1H3. The van der Waals surface area contributed by atoms with E-state index in [0.29, 0.717) is 36.9 Å². The topological polar surface area (TPSA) is 73.0 Å². The van der Waals surface area contributed by atoms with Gasteiger partial charge in [-0.05, 0) is 13.3 Å². The molecule has 0 saturated heterocycles. The van der Waals surface area contributed by atoms with Gasteiger partial charge < -0.3 is 0 Å². The number of aryl methyl sites for hydroxylation is 2. The number of halogens is 1.